The lowest BCUT2D eigenvalue weighted by atomic mass is 9.97. The lowest BCUT2D eigenvalue weighted by Crippen LogP contribution is -1.83. The molecule has 1 aliphatic rings. The van der Waals surface area contributed by atoms with Gasteiger partial charge in [-0.3, -0.25) is 0 Å². The summed E-state index contributed by atoms with van der Waals surface area (Å²) in [7, 11) is 0. The van der Waals surface area contributed by atoms with Crippen LogP contribution in [0.1, 0.15) is 16.7 Å². The molecular weight excluding hydrogens is 240 g/mol. The Kier molecular flexibility index (Phi) is 2.50. The Bertz CT molecular complexity index is 782. The summed E-state index contributed by atoms with van der Waals surface area (Å²) in [6, 6.07) is 24.1. The van der Waals surface area contributed by atoms with E-state index in [4.69, 9.17) is 0 Å². The van der Waals surface area contributed by atoms with E-state index in [9.17, 15) is 0 Å². The van der Waals surface area contributed by atoms with Crippen LogP contribution in [0.15, 0.2) is 66.7 Å². The Morgan fingerprint density at radius 1 is 0.700 bits per heavy atom. The Labute approximate surface area is 119 Å². The van der Waals surface area contributed by atoms with E-state index in [0.717, 1.165) is 6.42 Å². The van der Waals surface area contributed by atoms with Crippen molar-refractivity contribution in [3.8, 4) is 22.3 Å². The first kappa shape index (κ1) is 11.5. The fourth-order valence-electron chi connectivity index (χ4n) is 3.26. The molecule has 0 saturated heterocycles. The SMILES string of the molecule is Cc1cccc2c1-c1ccc(-c3ccccc3)cc1C2. The highest BCUT2D eigenvalue weighted by molar-refractivity contribution is 5.82. The van der Waals surface area contributed by atoms with Gasteiger partial charge in [0.25, 0.3) is 0 Å². The fourth-order valence-corrected chi connectivity index (χ4v) is 3.26. The molecule has 0 radical (unpaired) electrons. The molecule has 20 heavy (non-hydrogen) atoms. The number of rotatable bonds is 1. The largest absolute Gasteiger partial charge is 0.0622 e. The number of fused-ring (bicyclic) bond motifs is 3. The average molecular weight is 256 g/mol. The number of benzene rings is 3. The molecule has 0 fully saturated rings. The maximum absolute atomic E-state index is 2.35. The van der Waals surface area contributed by atoms with E-state index in [2.05, 4.69) is 73.7 Å². The number of hydrogen-bond acceptors (Lipinski definition) is 0. The zero-order chi connectivity index (χ0) is 13.5. The van der Waals surface area contributed by atoms with Crippen LogP contribution < -0.4 is 0 Å². The summed E-state index contributed by atoms with van der Waals surface area (Å²) in [5.41, 5.74) is 9.77. The predicted octanol–water partition coefficient (Wildman–Crippen LogP) is 5.23. The summed E-state index contributed by atoms with van der Waals surface area (Å²) in [6.07, 6.45) is 1.06. The van der Waals surface area contributed by atoms with Crippen molar-refractivity contribution in [2.24, 2.45) is 0 Å². The van der Waals surface area contributed by atoms with Crippen molar-refractivity contribution in [1.82, 2.24) is 0 Å². The maximum atomic E-state index is 2.35. The van der Waals surface area contributed by atoms with Crippen LogP contribution in [0.2, 0.25) is 0 Å². The minimum atomic E-state index is 1.06. The van der Waals surface area contributed by atoms with Crippen molar-refractivity contribution >= 4 is 0 Å². The third-order valence-electron chi connectivity index (χ3n) is 4.22. The normalized spacial score (nSPS) is 12.1. The van der Waals surface area contributed by atoms with Gasteiger partial charge in [0.2, 0.25) is 0 Å². The topological polar surface area (TPSA) is 0 Å². The molecule has 0 aliphatic heterocycles. The van der Waals surface area contributed by atoms with Gasteiger partial charge in [-0.15, -0.1) is 0 Å². The number of hydrogen-bond donors (Lipinski definition) is 0. The van der Waals surface area contributed by atoms with E-state index in [-0.39, 0.29) is 0 Å². The second kappa shape index (κ2) is 4.35. The summed E-state index contributed by atoms with van der Waals surface area (Å²) in [5.74, 6) is 0. The zero-order valence-electron chi connectivity index (χ0n) is 11.6. The van der Waals surface area contributed by atoms with Crippen LogP contribution in [0, 0.1) is 6.92 Å². The van der Waals surface area contributed by atoms with Crippen LogP contribution in [-0.2, 0) is 6.42 Å². The van der Waals surface area contributed by atoms with E-state index >= 15 is 0 Å². The van der Waals surface area contributed by atoms with Gasteiger partial charge in [-0.05, 0) is 52.3 Å². The first-order valence-electron chi connectivity index (χ1n) is 7.10. The molecule has 96 valence electrons. The zero-order valence-corrected chi connectivity index (χ0v) is 11.6. The van der Waals surface area contributed by atoms with Crippen LogP contribution in [0.25, 0.3) is 22.3 Å². The summed E-state index contributed by atoms with van der Waals surface area (Å²) in [6.45, 7) is 2.21. The summed E-state index contributed by atoms with van der Waals surface area (Å²) in [5, 5.41) is 0. The molecule has 3 aromatic rings. The van der Waals surface area contributed by atoms with Gasteiger partial charge in [-0.1, -0.05) is 66.7 Å². The van der Waals surface area contributed by atoms with Crippen LogP contribution in [0.4, 0.5) is 0 Å². The molecule has 0 atom stereocenters. The minimum absolute atomic E-state index is 1.06. The third kappa shape index (κ3) is 1.69. The molecule has 0 N–H and O–H groups in total. The van der Waals surface area contributed by atoms with Crippen LogP contribution >= 0.6 is 0 Å². The Balaban J connectivity index is 1.86. The molecule has 0 unspecified atom stereocenters. The molecule has 4 rings (SSSR count). The highest BCUT2D eigenvalue weighted by atomic mass is 14.2. The second-order valence-electron chi connectivity index (χ2n) is 5.52. The molecular formula is C20H16. The molecule has 0 amide bonds. The fraction of sp³-hybridized carbons (Fsp3) is 0.100. The quantitative estimate of drug-likeness (QED) is 0.437. The van der Waals surface area contributed by atoms with Crippen molar-refractivity contribution in [3.63, 3.8) is 0 Å². The van der Waals surface area contributed by atoms with Crippen LogP contribution in [0.5, 0.6) is 0 Å². The van der Waals surface area contributed by atoms with Crippen molar-refractivity contribution in [2.75, 3.05) is 0 Å². The minimum Gasteiger partial charge on any atom is -0.0622 e. The lowest BCUT2D eigenvalue weighted by molar-refractivity contribution is 1.26. The Morgan fingerprint density at radius 3 is 2.40 bits per heavy atom. The second-order valence-corrected chi connectivity index (χ2v) is 5.52. The first-order chi connectivity index (χ1) is 9.83. The summed E-state index contributed by atoms with van der Waals surface area (Å²) >= 11 is 0. The molecule has 0 saturated carbocycles. The van der Waals surface area contributed by atoms with Crippen molar-refractivity contribution in [3.05, 3.63) is 83.4 Å². The highest BCUT2D eigenvalue weighted by Gasteiger charge is 2.20. The predicted molar refractivity (Wildman–Crippen MR) is 84.9 cm³/mol. The van der Waals surface area contributed by atoms with Gasteiger partial charge in [-0.25, -0.2) is 0 Å². The van der Waals surface area contributed by atoms with Crippen molar-refractivity contribution < 1.29 is 0 Å². The van der Waals surface area contributed by atoms with Gasteiger partial charge in [0.15, 0.2) is 0 Å². The molecule has 0 heterocycles. The molecule has 0 bridgehead atoms. The molecule has 3 aromatic carbocycles. The van der Waals surface area contributed by atoms with E-state index in [1.54, 1.807) is 0 Å². The van der Waals surface area contributed by atoms with Gasteiger partial charge in [0, 0.05) is 0 Å². The van der Waals surface area contributed by atoms with E-state index < -0.39 is 0 Å². The average Bonchev–Trinajstić information content (AvgIpc) is 2.87. The molecule has 0 spiro atoms. The van der Waals surface area contributed by atoms with Gasteiger partial charge in [0.05, 0.1) is 0 Å². The van der Waals surface area contributed by atoms with Gasteiger partial charge in [0.1, 0.15) is 0 Å². The number of aryl methyl sites for hydroxylation is 1. The van der Waals surface area contributed by atoms with Crippen molar-refractivity contribution in [1.29, 1.82) is 0 Å². The smallest absolute Gasteiger partial charge is 0.00131 e. The van der Waals surface area contributed by atoms with E-state index in [0.29, 0.717) is 0 Å². The summed E-state index contributed by atoms with van der Waals surface area (Å²) < 4.78 is 0. The highest BCUT2D eigenvalue weighted by Crippen LogP contribution is 2.40. The van der Waals surface area contributed by atoms with Crippen LogP contribution in [-0.4, -0.2) is 0 Å². The third-order valence-corrected chi connectivity index (χ3v) is 4.22. The van der Waals surface area contributed by atoms with Gasteiger partial charge in [-0.2, -0.15) is 0 Å². The van der Waals surface area contributed by atoms with E-state index in [1.807, 2.05) is 0 Å². The Hall–Kier alpha value is -2.34. The maximum Gasteiger partial charge on any atom is -0.00131 e. The molecule has 0 nitrogen and oxygen atoms in total. The molecule has 0 aromatic heterocycles. The first-order valence-corrected chi connectivity index (χ1v) is 7.10. The standard InChI is InChI=1S/C20H16/c1-14-6-5-9-17-13-18-12-16(10-11-19(18)20(14)17)15-7-3-2-4-8-15/h2-12H,13H2,1H3. The van der Waals surface area contributed by atoms with Crippen molar-refractivity contribution in [2.45, 2.75) is 13.3 Å². The summed E-state index contributed by atoms with van der Waals surface area (Å²) in [4.78, 5) is 0. The monoisotopic (exact) mass is 256 g/mol. The lowest BCUT2D eigenvalue weighted by Gasteiger charge is -2.07. The molecule has 0 heteroatoms. The van der Waals surface area contributed by atoms with Crippen LogP contribution in [0.3, 0.4) is 0 Å². The van der Waals surface area contributed by atoms with E-state index in [1.165, 1.54) is 38.9 Å². The molecule has 1 aliphatic carbocycles. The van der Waals surface area contributed by atoms with Gasteiger partial charge >= 0.3 is 0 Å². The van der Waals surface area contributed by atoms with Gasteiger partial charge < -0.3 is 0 Å². The Morgan fingerprint density at radius 2 is 1.55 bits per heavy atom.